The summed E-state index contributed by atoms with van der Waals surface area (Å²) in [6, 6.07) is 27.2. The number of hydrogen-bond donors (Lipinski definition) is 0. The maximum absolute atomic E-state index is 2.29. The van der Waals surface area contributed by atoms with Crippen LogP contribution >= 0.6 is 23.5 Å². The van der Waals surface area contributed by atoms with Crippen LogP contribution < -0.4 is 0 Å². The van der Waals surface area contributed by atoms with Crippen molar-refractivity contribution in [1.29, 1.82) is 0 Å². The van der Waals surface area contributed by atoms with Crippen molar-refractivity contribution in [2.45, 2.75) is 100 Å². The van der Waals surface area contributed by atoms with Gasteiger partial charge in [0, 0.05) is 15.5 Å². The molecule has 3 rings (SSSR count). The van der Waals surface area contributed by atoms with Crippen molar-refractivity contribution < 1.29 is 0 Å². The van der Waals surface area contributed by atoms with Gasteiger partial charge in [0.1, 0.15) is 0 Å². The lowest BCUT2D eigenvalue weighted by Gasteiger charge is -2.07. The highest BCUT2D eigenvalue weighted by Crippen LogP contribution is 2.28. The zero-order chi connectivity index (χ0) is 24.6. The summed E-state index contributed by atoms with van der Waals surface area (Å²) in [4.78, 5) is 2.72. The van der Waals surface area contributed by atoms with Crippen LogP contribution in [0.15, 0.2) is 82.6 Å². The third-order valence-electron chi connectivity index (χ3n) is 6.65. The second-order valence-corrected chi connectivity index (χ2v) is 11.8. The Morgan fingerprint density at radius 3 is 1.43 bits per heavy atom. The van der Waals surface area contributed by atoms with E-state index in [1.165, 1.54) is 102 Å². The van der Waals surface area contributed by atoms with Crippen LogP contribution in [0, 0.1) is 0 Å². The first-order valence-electron chi connectivity index (χ1n) is 13.8. The number of benzene rings is 3. The van der Waals surface area contributed by atoms with Gasteiger partial charge < -0.3 is 0 Å². The van der Waals surface area contributed by atoms with Gasteiger partial charge in [0.15, 0.2) is 0 Å². The summed E-state index contributed by atoms with van der Waals surface area (Å²) < 4.78 is 0. The molecule has 2 heteroatoms. The fourth-order valence-electron chi connectivity index (χ4n) is 4.30. The van der Waals surface area contributed by atoms with E-state index in [9.17, 15) is 0 Å². The van der Waals surface area contributed by atoms with Gasteiger partial charge in [-0.2, -0.15) is 0 Å². The second-order valence-electron chi connectivity index (χ2n) is 9.54. The first-order chi connectivity index (χ1) is 17.3. The molecule has 0 aliphatic rings. The Labute approximate surface area is 223 Å². The Hall–Kier alpha value is -1.64. The fourth-order valence-corrected chi connectivity index (χ4v) is 6.07. The van der Waals surface area contributed by atoms with Crippen LogP contribution in [-0.4, -0.2) is 5.75 Å². The van der Waals surface area contributed by atoms with Crippen LogP contribution in [0.3, 0.4) is 0 Å². The smallest absolute Gasteiger partial charge is 0.0231 e. The zero-order valence-electron chi connectivity index (χ0n) is 21.9. The Kier molecular flexibility index (Phi) is 13.5. The molecule has 0 saturated heterocycles. The van der Waals surface area contributed by atoms with Crippen molar-refractivity contribution in [1.82, 2.24) is 0 Å². The molecule has 35 heavy (non-hydrogen) atoms. The van der Waals surface area contributed by atoms with Gasteiger partial charge >= 0.3 is 0 Å². The fraction of sp³-hybridized carbons (Fsp3) is 0.455. The molecule has 0 aromatic heterocycles. The number of rotatable bonds is 17. The second kappa shape index (κ2) is 16.9. The first-order valence-corrected chi connectivity index (χ1v) is 15.8. The average Bonchev–Trinajstić information content (AvgIpc) is 2.91. The third-order valence-corrected chi connectivity index (χ3v) is 8.83. The van der Waals surface area contributed by atoms with Gasteiger partial charge in [0.05, 0.1) is 0 Å². The minimum absolute atomic E-state index is 1.02. The van der Waals surface area contributed by atoms with E-state index in [1.807, 2.05) is 23.5 Å². The highest BCUT2D eigenvalue weighted by molar-refractivity contribution is 7.99. The Bertz CT molecular complexity index is 926. The Morgan fingerprint density at radius 1 is 0.457 bits per heavy atom. The molecule has 0 aliphatic heterocycles. The van der Waals surface area contributed by atoms with Crippen molar-refractivity contribution in [3.8, 4) is 11.1 Å². The topological polar surface area (TPSA) is 0 Å². The summed E-state index contributed by atoms with van der Waals surface area (Å²) >= 11 is 3.92. The van der Waals surface area contributed by atoms with Crippen molar-refractivity contribution in [2.24, 2.45) is 0 Å². The Morgan fingerprint density at radius 2 is 0.914 bits per heavy atom. The molecular formula is C33H44S2. The molecule has 0 radical (unpaired) electrons. The highest BCUT2D eigenvalue weighted by Gasteiger charge is 2.02. The molecule has 188 valence electrons. The number of aryl methyl sites for hydroxylation is 1. The van der Waals surface area contributed by atoms with E-state index in [0.29, 0.717) is 0 Å². The van der Waals surface area contributed by atoms with Crippen LogP contribution in [0.4, 0.5) is 0 Å². The lowest BCUT2D eigenvalue weighted by atomic mass is 10.1. The zero-order valence-corrected chi connectivity index (χ0v) is 23.6. The molecule has 0 fully saturated rings. The quantitative estimate of drug-likeness (QED) is 0.132. The average molecular weight is 505 g/mol. The summed E-state index contributed by atoms with van der Waals surface area (Å²) in [7, 11) is 0. The minimum atomic E-state index is 1.02. The monoisotopic (exact) mass is 504 g/mol. The molecule has 0 nitrogen and oxygen atoms in total. The molecule has 0 atom stereocenters. The van der Waals surface area contributed by atoms with Gasteiger partial charge in [-0.1, -0.05) is 120 Å². The summed E-state index contributed by atoms with van der Waals surface area (Å²) in [5, 5.41) is 0. The van der Waals surface area contributed by atoms with Crippen LogP contribution in [0.2, 0.25) is 0 Å². The van der Waals surface area contributed by atoms with Crippen molar-refractivity contribution in [2.75, 3.05) is 5.75 Å². The minimum Gasteiger partial charge on any atom is -0.126 e. The van der Waals surface area contributed by atoms with E-state index < -0.39 is 0 Å². The maximum atomic E-state index is 2.29. The van der Waals surface area contributed by atoms with Crippen LogP contribution in [0.1, 0.15) is 89.2 Å². The molecule has 0 unspecified atom stereocenters. The van der Waals surface area contributed by atoms with Gasteiger partial charge in [0.25, 0.3) is 0 Å². The van der Waals surface area contributed by atoms with Crippen molar-refractivity contribution >= 4 is 23.5 Å². The van der Waals surface area contributed by atoms with Gasteiger partial charge in [0.2, 0.25) is 0 Å². The number of unbranched alkanes of at least 4 members (excludes halogenated alkanes) is 9. The van der Waals surface area contributed by atoms with Crippen LogP contribution in [0.25, 0.3) is 11.1 Å². The largest absolute Gasteiger partial charge is 0.126 e. The molecule has 0 saturated carbocycles. The molecule has 0 bridgehead atoms. The highest BCUT2D eigenvalue weighted by atomic mass is 32.2. The van der Waals surface area contributed by atoms with Gasteiger partial charge in [-0.25, -0.2) is 0 Å². The summed E-state index contributed by atoms with van der Waals surface area (Å²) in [5.74, 6) is 2.26. The van der Waals surface area contributed by atoms with Crippen LogP contribution in [0.5, 0.6) is 0 Å². The molecule has 3 aromatic carbocycles. The molecule has 0 spiro atoms. The van der Waals surface area contributed by atoms with Gasteiger partial charge in [-0.15, -0.1) is 23.5 Å². The van der Waals surface area contributed by atoms with Gasteiger partial charge in [-0.3, -0.25) is 0 Å². The summed E-state index contributed by atoms with van der Waals surface area (Å²) in [6.07, 6.45) is 15.2. The molecule has 0 heterocycles. The van der Waals surface area contributed by atoms with Crippen molar-refractivity contribution in [3.63, 3.8) is 0 Å². The SMILES string of the molecule is CCCCCCCCCCCCSc1ccc(-c2ccc(SCc3ccc(CC)cc3)cc2)cc1. The summed E-state index contributed by atoms with van der Waals surface area (Å²) in [5.41, 5.74) is 5.40. The molecule has 0 N–H and O–H groups in total. The van der Waals surface area contributed by atoms with E-state index in [0.717, 1.165) is 12.2 Å². The van der Waals surface area contributed by atoms with E-state index in [4.69, 9.17) is 0 Å². The lowest BCUT2D eigenvalue weighted by Crippen LogP contribution is -1.85. The maximum Gasteiger partial charge on any atom is 0.0231 e. The molecular weight excluding hydrogens is 460 g/mol. The summed E-state index contributed by atoms with van der Waals surface area (Å²) in [6.45, 7) is 4.50. The normalized spacial score (nSPS) is 11.1. The predicted molar refractivity (Wildman–Crippen MR) is 160 cm³/mol. The Balaban J connectivity index is 1.31. The van der Waals surface area contributed by atoms with Crippen LogP contribution in [-0.2, 0) is 12.2 Å². The molecule has 0 aliphatic carbocycles. The number of hydrogen-bond acceptors (Lipinski definition) is 2. The van der Waals surface area contributed by atoms with E-state index in [1.54, 1.807) is 0 Å². The van der Waals surface area contributed by atoms with Gasteiger partial charge in [-0.05, 0) is 65.1 Å². The first kappa shape index (κ1) is 27.9. The lowest BCUT2D eigenvalue weighted by molar-refractivity contribution is 0.563. The predicted octanol–water partition coefficient (Wildman–Crippen LogP) is 11.2. The number of thioether (sulfide) groups is 2. The molecule has 3 aromatic rings. The standard InChI is InChI=1S/C33H44S2/c1-3-5-6-7-8-9-10-11-12-13-26-34-32-22-18-30(19-23-32)31-20-24-33(25-21-31)35-27-29-16-14-28(4-2)15-17-29/h14-25H,3-13,26-27H2,1-2H3. The third kappa shape index (κ3) is 10.9. The van der Waals surface area contributed by atoms with E-state index >= 15 is 0 Å². The molecule has 0 amide bonds. The van der Waals surface area contributed by atoms with E-state index in [2.05, 4.69) is 86.6 Å². The van der Waals surface area contributed by atoms with E-state index in [-0.39, 0.29) is 0 Å². The van der Waals surface area contributed by atoms with Crippen molar-refractivity contribution in [3.05, 3.63) is 83.9 Å².